The molecule has 0 aliphatic heterocycles. The van der Waals surface area contributed by atoms with Crippen molar-refractivity contribution in [1.82, 2.24) is 15.0 Å². The molecular weight excluding hydrogens is 364 g/mol. The average molecular weight is 391 g/mol. The van der Waals surface area contributed by atoms with E-state index in [2.05, 4.69) is 32.0 Å². The summed E-state index contributed by atoms with van der Waals surface area (Å²) >= 11 is 1.57. The molecule has 0 radical (unpaired) electrons. The number of pyridine rings is 1. The normalized spacial score (nSPS) is 12.3. The van der Waals surface area contributed by atoms with Crippen molar-refractivity contribution < 1.29 is 4.79 Å². The first kappa shape index (κ1) is 22.5. The Hall–Kier alpha value is -2.52. The molecule has 0 aliphatic carbocycles. The molecule has 2 heterocycles. The summed E-state index contributed by atoms with van der Waals surface area (Å²) < 4.78 is 0. The number of nitrogens with two attached hydrogens (primary N) is 1. The van der Waals surface area contributed by atoms with Crippen LogP contribution in [0, 0.1) is 13.8 Å². The first-order chi connectivity index (χ1) is 12.9. The van der Waals surface area contributed by atoms with Crippen molar-refractivity contribution in [2.75, 3.05) is 16.9 Å². The molecule has 0 spiro atoms. The summed E-state index contributed by atoms with van der Waals surface area (Å²) in [5.41, 5.74) is 7.44. The number of nitrogens with zero attached hydrogens (tertiary/aromatic N) is 3. The van der Waals surface area contributed by atoms with Gasteiger partial charge in [0.15, 0.2) is 0 Å². The van der Waals surface area contributed by atoms with Gasteiger partial charge in [-0.15, -0.1) is 11.8 Å². The molecule has 8 nitrogen and oxygen atoms in total. The summed E-state index contributed by atoms with van der Waals surface area (Å²) in [5, 5.41) is 2.50. The number of carbonyl (C=O) groups is 1. The molecule has 4 N–H and O–H groups in total. The number of aryl methyl sites for hydroxylation is 2. The van der Waals surface area contributed by atoms with Crippen LogP contribution in [0.3, 0.4) is 0 Å². The van der Waals surface area contributed by atoms with Gasteiger partial charge in [0.25, 0.3) is 5.56 Å². The van der Waals surface area contributed by atoms with Crippen LogP contribution < -0.4 is 16.6 Å². The number of nitrogens with one attached hydrogen (secondary N) is 2. The van der Waals surface area contributed by atoms with Crippen LogP contribution in [-0.2, 0) is 10.3 Å². The highest BCUT2D eigenvalue weighted by molar-refractivity contribution is 7.99. The summed E-state index contributed by atoms with van der Waals surface area (Å²) in [6.07, 6.45) is 6.16. The van der Waals surface area contributed by atoms with Crippen molar-refractivity contribution in [1.29, 1.82) is 0 Å². The fraction of sp³-hybridized carbons (Fsp3) is 0.389. The van der Waals surface area contributed by atoms with Gasteiger partial charge in [0.2, 0.25) is 6.41 Å². The first-order valence-electron chi connectivity index (χ1n) is 8.30. The van der Waals surface area contributed by atoms with Crippen LogP contribution in [0.5, 0.6) is 0 Å². The lowest BCUT2D eigenvalue weighted by atomic mass is 9.91. The van der Waals surface area contributed by atoms with Crippen molar-refractivity contribution in [2.24, 2.45) is 10.7 Å². The number of amides is 1. The van der Waals surface area contributed by atoms with Crippen LogP contribution in [0.15, 0.2) is 34.4 Å². The molecule has 1 atom stereocenters. The van der Waals surface area contributed by atoms with Crippen LogP contribution in [0.1, 0.15) is 30.3 Å². The van der Waals surface area contributed by atoms with E-state index in [-0.39, 0.29) is 5.56 Å². The van der Waals surface area contributed by atoms with Gasteiger partial charge in [-0.3, -0.25) is 24.5 Å². The zero-order valence-electron chi connectivity index (χ0n) is 15.9. The minimum atomic E-state index is -0.698. The van der Waals surface area contributed by atoms with E-state index >= 15 is 0 Å². The topological polar surface area (TPSA) is 126 Å². The summed E-state index contributed by atoms with van der Waals surface area (Å²) in [4.78, 5) is 37.1. The molecule has 9 heteroatoms. The van der Waals surface area contributed by atoms with E-state index < -0.39 is 5.54 Å². The lowest BCUT2D eigenvalue weighted by Gasteiger charge is -2.24. The van der Waals surface area contributed by atoms with Crippen molar-refractivity contribution in [3.8, 4) is 0 Å². The molecular formula is C18H26N6O2S. The van der Waals surface area contributed by atoms with Crippen molar-refractivity contribution in [2.45, 2.75) is 32.7 Å². The number of anilines is 1. The highest BCUT2D eigenvalue weighted by Crippen LogP contribution is 2.28. The van der Waals surface area contributed by atoms with Crippen LogP contribution in [0.25, 0.3) is 0 Å². The molecule has 0 bridgehead atoms. The van der Waals surface area contributed by atoms with Gasteiger partial charge in [0, 0.05) is 30.0 Å². The Balaban J connectivity index is 0.000000377. The largest absolute Gasteiger partial charge is 0.327 e. The Labute approximate surface area is 163 Å². The van der Waals surface area contributed by atoms with E-state index in [0.29, 0.717) is 30.0 Å². The number of rotatable bonds is 8. The highest BCUT2D eigenvalue weighted by Gasteiger charge is 2.27. The van der Waals surface area contributed by atoms with Gasteiger partial charge in [-0.2, -0.15) is 0 Å². The van der Waals surface area contributed by atoms with E-state index in [9.17, 15) is 9.59 Å². The second-order valence-electron chi connectivity index (χ2n) is 5.95. The predicted molar refractivity (Wildman–Crippen MR) is 111 cm³/mol. The fourth-order valence-electron chi connectivity index (χ4n) is 2.15. The number of H-pyrrole nitrogens is 1. The quantitative estimate of drug-likeness (QED) is 0.274. The SMILES string of the molecule is C=NC(C)(CCSCN)c1cc(NC=O)c[nH]c1=O.Cc1cnc(C)cn1. The number of aliphatic imine (C=N–C) groups is 1. The number of thioether (sulfide) groups is 1. The lowest BCUT2D eigenvalue weighted by Crippen LogP contribution is -2.29. The minimum Gasteiger partial charge on any atom is -0.327 e. The van der Waals surface area contributed by atoms with Crippen molar-refractivity contribution in [3.63, 3.8) is 0 Å². The maximum absolute atomic E-state index is 11.9. The third kappa shape index (κ3) is 7.32. The smallest absolute Gasteiger partial charge is 0.253 e. The number of aromatic nitrogens is 3. The Morgan fingerprint density at radius 1 is 1.37 bits per heavy atom. The maximum atomic E-state index is 11.9. The molecule has 0 saturated heterocycles. The number of hydrogen-bond acceptors (Lipinski definition) is 7. The van der Waals surface area contributed by atoms with E-state index in [4.69, 9.17) is 5.73 Å². The first-order valence-corrected chi connectivity index (χ1v) is 9.46. The Kier molecular flexibility index (Phi) is 9.38. The third-order valence-corrected chi connectivity index (χ3v) is 4.55. The van der Waals surface area contributed by atoms with Gasteiger partial charge in [0.05, 0.1) is 22.6 Å². The summed E-state index contributed by atoms with van der Waals surface area (Å²) in [5.74, 6) is 1.30. The molecule has 0 saturated carbocycles. The van der Waals surface area contributed by atoms with Gasteiger partial charge in [-0.1, -0.05) is 0 Å². The molecule has 2 rings (SSSR count). The predicted octanol–water partition coefficient (Wildman–Crippen LogP) is 1.99. The third-order valence-electron chi connectivity index (χ3n) is 3.82. The lowest BCUT2D eigenvalue weighted by molar-refractivity contribution is -0.105. The van der Waals surface area contributed by atoms with Gasteiger partial charge >= 0.3 is 0 Å². The second kappa shape index (κ2) is 11.2. The monoisotopic (exact) mass is 390 g/mol. The van der Waals surface area contributed by atoms with Crippen LogP contribution in [0.4, 0.5) is 5.69 Å². The molecule has 146 valence electrons. The summed E-state index contributed by atoms with van der Waals surface area (Å²) in [6.45, 7) is 9.26. The summed E-state index contributed by atoms with van der Waals surface area (Å²) in [6, 6.07) is 1.62. The zero-order valence-corrected chi connectivity index (χ0v) is 16.7. The van der Waals surface area contributed by atoms with Crippen molar-refractivity contribution in [3.05, 3.63) is 52.0 Å². The molecule has 0 aliphatic rings. The van der Waals surface area contributed by atoms with Crippen LogP contribution in [0.2, 0.25) is 0 Å². The Morgan fingerprint density at radius 3 is 2.48 bits per heavy atom. The molecule has 2 aromatic heterocycles. The van der Waals surface area contributed by atoms with Gasteiger partial charge in [-0.25, -0.2) is 0 Å². The van der Waals surface area contributed by atoms with Gasteiger partial charge < -0.3 is 16.0 Å². The molecule has 0 fully saturated rings. The summed E-state index contributed by atoms with van der Waals surface area (Å²) in [7, 11) is 0. The van der Waals surface area contributed by atoms with E-state index in [1.165, 1.54) is 6.20 Å². The van der Waals surface area contributed by atoms with E-state index in [0.717, 1.165) is 17.1 Å². The average Bonchev–Trinajstić information content (AvgIpc) is 2.66. The number of aromatic amines is 1. The van der Waals surface area contributed by atoms with Crippen LogP contribution >= 0.6 is 11.8 Å². The second-order valence-corrected chi connectivity index (χ2v) is 7.10. The number of carbonyl (C=O) groups excluding carboxylic acids is 1. The molecule has 0 aromatic carbocycles. The Morgan fingerprint density at radius 2 is 2.00 bits per heavy atom. The van der Waals surface area contributed by atoms with Gasteiger partial charge in [0.1, 0.15) is 0 Å². The standard InChI is InChI=1S/C12H18N4O2S.C6H8N2/c1-12(14-2,3-4-19-7-13)10-5-9(16-8-17)6-15-11(10)18;1-5-3-8-6(2)4-7-5/h5-6,8H,2-4,7,13H2,1H3,(H,15,18)(H,16,17);3-4H,1-2H3. The molecule has 27 heavy (non-hydrogen) atoms. The maximum Gasteiger partial charge on any atom is 0.253 e. The number of hydrogen-bond donors (Lipinski definition) is 3. The highest BCUT2D eigenvalue weighted by atomic mass is 32.2. The minimum absolute atomic E-state index is 0.232. The Bertz CT molecular complexity index is 772. The molecule has 1 unspecified atom stereocenters. The van der Waals surface area contributed by atoms with Gasteiger partial charge in [-0.05, 0) is 45.7 Å². The van der Waals surface area contributed by atoms with E-state index in [1.807, 2.05) is 20.8 Å². The van der Waals surface area contributed by atoms with E-state index in [1.54, 1.807) is 30.2 Å². The van der Waals surface area contributed by atoms with Crippen LogP contribution in [-0.4, -0.2) is 39.7 Å². The zero-order chi connectivity index (χ0) is 20.3. The van der Waals surface area contributed by atoms with Crippen molar-refractivity contribution >= 4 is 30.6 Å². The fourth-order valence-corrected chi connectivity index (χ4v) is 2.85. The molecule has 2 aromatic rings. The molecule has 1 amide bonds.